The Morgan fingerprint density at radius 1 is 1.00 bits per heavy atom. The van der Waals surface area contributed by atoms with Crippen molar-refractivity contribution >= 4 is 34.7 Å². The van der Waals surface area contributed by atoms with E-state index in [1.54, 1.807) is 14.0 Å². The van der Waals surface area contributed by atoms with Gasteiger partial charge in [-0.15, -0.1) is 0 Å². The van der Waals surface area contributed by atoms with Crippen LogP contribution in [0.1, 0.15) is 64.1 Å². The Morgan fingerprint density at radius 3 is 2.43 bits per heavy atom. The van der Waals surface area contributed by atoms with Gasteiger partial charge in [-0.3, -0.25) is 9.59 Å². The molecule has 1 saturated carbocycles. The molecule has 0 spiro atoms. The molecule has 1 aliphatic heterocycles. The van der Waals surface area contributed by atoms with E-state index in [1.807, 2.05) is 99.6 Å². The van der Waals surface area contributed by atoms with E-state index in [4.69, 9.17) is 19.2 Å². The highest BCUT2D eigenvalue weighted by atomic mass is 16.5. The molecule has 1 saturated heterocycles. The molecule has 56 heavy (non-hydrogen) atoms. The number of likely N-dealkylation sites (tertiary alicyclic amines) is 1. The molecule has 4 N–H and O–H groups in total. The Morgan fingerprint density at radius 2 is 1.73 bits per heavy atom. The van der Waals surface area contributed by atoms with E-state index in [0.29, 0.717) is 47.4 Å². The van der Waals surface area contributed by atoms with Crippen molar-refractivity contribution in [3.8, 4) is 22.8 Å². The van der Waals surface area contributed by atoms with Crippen molar-refractivity contribution in [1.29, 1.82) is 0 Å². The molecule has 13 heteroatoms. The Labute approximate surface area is 326 Å². The van der Waals surface area contributed by atoms with Crippen molar-refractivity contribution in [3.05, 3.63) is 90.0 Å². The molecule has 5 atom stereocenters. The third kappa shape index (κ3) is 7.86. The number of urea groups is 1. The summed E-state index contributed by atoms with van der Waals surface area (Å²) in [5, 5.41) is 20.4. The zero-order valence-corrected chi connectivity index (χ0v) is 32.3. The predicted molar refractivity (Wildman–Crippen MR) is 209 cm³/mol. The summed E-state index contributed by atoms with van der Waals surface area (Å²) in [5.74, 6) is -0.362. The molecular formula is C43H49N5O8. The highest BCUT2D eigenvalue weighted by Gasteiger charge is 2.55. The zero-order chi connectivity index (χ0) is 39.8. The first kappa shape index (κ1) is 38.6. The van der Waals surface area contributed by atoms with E-state index in [0.717, 1.165) is 16.7 Å². The molecule has 0 unspecified atom stereocenters. The van der Waals surface area contributed by atoms with E-state index in [9.17, 15) is 24.3 Å². The van der Waals surface area contributed by atoms with Crippen LogP contribution >= 0.6 is 0 Å². The molecule has 4 amide bonds. The van der Waals surface area contributed by atoms with Crippen LogP contribution in [0.3, 0.4) is 0 Å². The van der Waals surface area contributed by atoms with Gasteiger partial charge in [-0.05, 0) is 48.4 Å². The fraction of sp³-hybridized carbons (Fsp3) is 0.419. The summed E-state index contributed by atoms with van der Waals surface area (Å²) in [5.41, 5.74) is 2.06. The first-order valence-corrected chi connectivity index (χ1v) is 19.1. The fourth-order valence-corrected chi connectivity index (χ4v) is 7.65. The maximum atomic E-state index is 14.4. The van der Waals surface area contributed by atoms with E-state index in [-0.39, 0.29) is 19.6 Å². The lowest BCUT2D eigenvalue weighted by Gasteiger charge is -2.34. The van der Waals surface area contributed by atoms with Gasteiger partial charge in [-0.1, -0.05) is 75.4 Å². The second-order valence-corrected chi connectivity index (χ2v) is 15.9. The Kier molecular flexibility index (Phi) is 10.6. The molecule has 0 bridgehead atoms. The quantitative estimate of drug-likeness (QED) is 0.156. The number of hydrogen-bond donors (Lipinski definition) is 4. The standard InChI is InChI=1S/C43H49N5O8/c1-6-55-40(52)43(18-19-43)47-38(50)33-22-28(56-35-23-31(25-12-8-7-9-13-25)44-32-21-27(54-5)16-17-30(32)35)24-48(33)41(53)46-37(42(2,3)4)39(51)45-36-29-15-11-10-14-26(29)20-34(36)49/h7-17,21,23,28,33-34,36-37,49H,6,18-20,22,24H2,1-5H3,(H,45,51)(H,46,53)(H,47,50)/t28-,33+,34-,36+,37-/m1/s1. The fourth-order valence-electron chi connectivity index (χ4n) is 7.65. The van der Waals surface area contributed by atoms with Crippen molar-refractivity contribution in [1.82, 2.24) is 25.8 Å². The molecule has 2 heterocycles. The lowest BCUT2D eigenvalue weighted by molar-refractivity contribution is -0.149. The number of aromatic nitrogens is 1. The van der Waals surface area contributed by atoms with Crippen molar-refractivity contribution in [3.63, 3.8) is 0 Å². The number of amides is 4. The lowest BCUT2D eigenvalue weighted by atomic mass is 9.86. The van der Waals surface area contributed by atoms with Crippen LogP contribution < -0.4 is 25.4 Å². The smallest absolute Gasteiger partial charge is 0.331 e. The molecule has 13 nitrogen and oxygen atoms in total. The molecule has 3 aromatic carbocycles. The van der Waals surface area contributed by atoms with Crippen LogP contribution in [-0.2, 0) is 25.5 Å². The van der Waals surface area contributed by atoms with Crippen LogP contribution in [0.4, 0.5) is 4.79 Å². The van der Waals surface area contributed by atoms with Gasteiger partial charge in [0.25, 0.3) is 0 Å². The van der Waals surface area contributed by atoms with Crippen LogP contribution in [0, 0.1) is 5.41 Å². The third-order valence-corrected chi connectivity index (χ3v) is 10.8. The molecule has 4 aromatic rings. The summed E-state index contributed by atoms with van der Waals surface area (Å²) in [6, 6.07) is 21.2. The minimum Gasteiger partial charge on any atom is -0.497 e. The summed E-state index contributed by atoms with van der Waals surface area (Å²) < 4.78 is 17.4. The molecule has 2 fully saturated rings. The first-order valence-electron chi connectivity index (χ1n) is 19.1. The predicted octanol–water partition coefficient (Wildman–Crippen LogP) is 4.84. The van der Waals surface area contributed by atoms with Crippen molar-refractivity contribution in [2.45, 2.75) is 89.3 Å². The summed E-state index contributed by atoms with van der Waals surface area (Å²) in [4.78, 5) is 61.6. The lowest BCUT2D eigenvalue weighted by Crippen LogP contribution is -2.60. The summed E-state index contributed by atoms with van der Waals surface area (Å²) in [6.45, 7) is 7.38. The number of aliphatic hydroxyl groups excluding tert-OH is 1. The van der Waals surface area contributed by atoms with Gasteiger partial charge in [-0.25, -0.2) is 14.6 Å². The van der Waals surface area contributed by atoms with Crippen LogP contribution in [0.5, 0.6) is 11.5 Å². The van der Waals surface area contributed by atoms with Gasteiger partial charge in [0.05, 0.1) is 43.6 Å². The number of fused-ring (bicyclic) bond motifs is 2. The number of carbonyl (C=O) groups excluding carboxylic acids is 4. The number of pyridine rings is 1. The van der Waals surface area contributed by atoms with Gasteiger partial charge in [0, 0.05) is 35.9 Å². The van der Waals surface area contributed by atoms with Crippen LogP contribution in [0.15, 0.2) is 78.9 Å². The van der Waals surface area contributed by atoms with Crippen LogP contribution in [0.2, 0.25) is 0 Å². The number of esters is 1. The normalized spacial score (nSPS) is 21.4. The van der Waals surface area contributed by atoms with Gasteiger partial charge < -0.3 is 40.2 Å². The highest BCUT2D eigenvalue weighted by molar-refractivity contribution is 5.95. The van der Waals surface area contributed by atoms with Gasteiger partial charge in [0.2, 0.25) is 11.8 Å². The van der Waals surface area contributed by atoms with E-state index < -0.39 is 65.1 Å². The Hall–Kier alpha value is -5.69. The molecule has 7 rings (SSSR count). The molecule has 0 radical (unpaired) electrons. The number of methoxy groups -OCH3 is 1. The van der Waals surface area contributed by atoms with Gasteiger partial charge in [-0.2, -0.15) is 0 Å². The molecule has 3 aliphatic rings. The van der Waals surface area contributed by atoms with Gasteiger partial charge in [0.15, 0.2) is 0 Å². The average molecular weight is 764 g/mol. The third-order valence-electron chi connectivity index (χ3n) is 10.8. The van der Waals surface area contributed by atoms with Gasteiger partial charge >= 0.3 is 12.0 Å². The van der Waals surface area contributed by atoms with Crippen molar-refractivity contribution in [2.24, 2.45) is 5.41 Å². The number of carbonyl (C=O) groups is 4. The zero-order valence-electron chi connectivity index (χ0n) is 32.3. The van der Waals surface area contributed by atoms with E-state index >= 15 is 0 Å². The number of ether oxygens (including phenoxy) is 3. The van der Waals surface area contributed by atoms with Crippen molar-refractivity contribution in [2.75, 3.05) is 20.3 Å². The average Bonchev–Trinajstić information content (AvgIpc) is 3.73. The van der Waals surface area contributed by atoms with Gasteiger partial charge in [0.1, 0.15) is 35.2 Å². The molecule has 294 valence electrons. The van der Waals surface area contributed by atoms with E-state index in [2.05, 4.69) is 16.0 Å². The first-order chi connectivity index (χ1) is 26.8. The monoisotopic (exact) mass is 763 g/mol. The largest absolute Gasteiger partial charge is 0.497 e. The second-order valence-electron chi connectivity index (χ2n) is 15.9. The number of rotatable bonds is 11. The topological polar surface area (TPSA) is 168 Å². The molecule has 1 aromatic heterocycles. The number of hydrogen-bond acceptors (Lipinski definition) is 9. The van der Waals surface area contributed by atoms with Crippen molar-refractivity contribution < 1.29 is 38.5 Å². The van der Waals surface area contributed by atoms with Crippen LogP contribution in [-0.4, -0.2) is 88.9 Å². The SMILES string of the molecule is CCOC(=O)C1(NC(=O)[C@@H]2C[C@@H](Oc3cc(-c4ccccc4)nc4cc(OC)ccc34)CN2C(=O)N[C@H](C(=O)N[C@H]2c3ccccc3C[C@H]2O)C(C)(C)C)CC1. The minimum absolute atomic E-state index is 0.00413. The number of benzene rings is 3. The maximum absolute atomic E-state index is 14.4. The number of nitrogens with one attached hydrogen (secondary N) is 3. The summed E-state index contributed by atoms with van der Waals surface area (Å²) in [6.07, 6.45) is -0.117. The van der Waals surface area contributed by atoms with E-state index in [1.165, 1.54) is 4.90 Å². The second kappa shape index (κ2) is 15.4. The maximum Gasteiger partial charge on any atom is 0.331 e. The molecule has 2 aliphatic carbocycles. The van der Waals surface area contributed by atoms with Crippen LogP contribution in [0.25, 0.3) is 22.2 Å². The Balaban J connectivity index is 1.17. The molecular weight excluding hydrogens is 714 g/mol. The number of nitrogens with zero attached hydrogens (tertiary/aromatic N) is 2. The summed E-state index contributed by atoms with van der Waals surface area (Å²) in [7, 11) is 1.58. The minimum atomic E-state index is -1.15. The summed E-state index contributed by atoms with van der Waals surface area (Å²) >= 11 is 0. The highest BCUT2D eigenvalue weighted by Crippen LogP contribution is 2.39. The number of aliphatic hydroxyl groups is 1. The Bertz CT molecular complexity index is 2130.